The summed E-state index contributed by atoms with van der Waals surface area (Å²) in [5, 5.41) is 11.7. The lowest BCUT2D eigenvalue weighted by Gasteiger charge is -2.13. The maximum absolute atomic E-state index is 12.8. The minimum Gasteiger partial charge on any atom is -0.451 e. The number of esters is 1. The van der Waals surface area contributed by atoms with E-state index in [0.29, 0.717) is 11.3 Å². The van der Waals surface area contributed by atoms with Gasteiger partial charge in [-0.2, -0.15) is 0 Å². The first kappa shape index (κ1) is 18.1. The lowest BCUT2D eigenvalue weighted by molar-refractivity contribution is -0.383. The highest BCUT2D eigenvalue weighted by Crippen LogP contribution is 2.25. The molecule has 2 aromatic carbocycles. The molecule has 0 amide bonds. The van der Waals surface area contributed by atoms with E-state index in [1.165, 1.54) is 19.1 Å². The number of H-pyrrole nitrogens is 1. The fourth-order valence-corrected chi connectivity index (χ4v) is 2.91. The lowest BCUT2D eigenvalue weighted by Crippen LogP contribution is -2.25. The van der Waals surface area contributed by atoms with Crippen molar-refractivity contribution in [3.8, 4) is 0 Å². The van der Waals surface area contributed by atoms with Gasteiger partial charge in [0.2, 0.25) is 5.78 Å². The highest BCUT2D eigenvalue weighted by molar-refractivity contribution is 6.11. The van der Waals surface area contributed by atoms with E-state index in [4.69, 9.17) is 10.5 Å². The molecule has 0 fully saturated rings. The number of hydrogen-bond donors (Lipinski definition) is 2. The average molecular weight is 367 g/mol. The standard InChI is InChI=1S/C19H17N3O5/c1-10-17(13-5-3-4-6-15(13)21-10)18(23)11(2)27-19(24)12-7-8-14(20)16(9-12)22(25)26/h3-9,11,21H,20H2,1-2H3/t11-/m0/s1. The third kappa shape index (κ3) is 3.37. The molecule has 0 unspecified atom stereocenters. The Morgan fingerprint density at radius 3 is 2.63 bits per heavy atom. The fourth-order valence-electron chi connectivity index (χ4n) is 2.91. The summed E-state index contributed by atoms with van der Waals surface area (Å²) in [5.41, 5.74) is 6.96. The first-order chi connectivity index (χ1) is 12.8. The van der Waals surface area contributed by atoms with E-state index in [1.807, 2.05) is 24.3 Å². The number of aryl methyl sites for hydroxylation is 1. The Morgan fingerprint density at radius 2 is 1.93 bits per heavy atom. The van der Waals surface area contributed by atoms with Gasteiger partial charge in [-0.3, -0.25) is 14.9 Å². The lowest BCUT2D eigenvalue weighted by atomic mass is 10.0. The van der Waals surface area contributed by atoms with Gasteiger partial charge in [-0.25, -0.2) is 4.79 Å². The zero-order chi connectivity index (χ0) is 19.7. The summed E-state index contributed by atoms with van der Waals surface area (Å²) >= 11 is 0. The number of benzene rings is 2. The van der Waals surface area contributed by atoms with Crippen LogP contribution in [0.3, 0.4) is 0 Å². The molecule has 3 N–H and O–H groups in total. The van der Waals surface area contributed by atoms with Gasteiger partial charge in [0.25, 0.3) is 5.69 Å². The number of aromatic amines is 1. The van der Waals surface area contributed by atoms with E-state index in [0.717, 1.165) is 17.0 Å². The molecule has 0 bridgehead atoms. The number of anilines is 1. The molecular formula is C19H17N3O5. The van der Waals surface area contributed by atoms with Crippen LogP contribution in [0, 0.1) is 17.0 Å². The number of fused-ring (bicyclic) bond motifs is 1. The van der Waals surface area contributed by atoms with Crippen LogP contribution in [0.15, 0.2) is 42.5 Å². The van der Waals surface area contributed by atoms with Crippen LogP contribution in [-0.2, 0) is 4.74 Å². The Kier molecular flexibility index (Phi) is 4.64. The number of nitrogens with one attached hydrogen (secondary N) is 1. The number of nitrogens with zero attached hydrogens (tertiary/aromatic N) is 1. The maximum atomic E-state index is 12.8. The van der Waals surface area contributed by atoms with Gasteiger partial charge in [-0.15, -0.1) is 0 Å². The van der Waals surface area contributed by atoms with Crippen molar-refractivity contribution in [3.63, 3.8) is 0 Å². The van der Waals surface area contributed by atoms with Crippen LogP contribution in [0.5, 0.6) is 0 Å². The second-order valence-corrected chi connectivity index (χ2v) is 6.11. The molecular weight excluding hydrogens is 350 g/mol. The van der Waals surface area contributed by atoms with Crippen molar-refractivity contribution in [2.75, 3.05) is 5.73 Å². The normalized spacial score (nSPS) is 11.9. The molecule has 1 heterocycles. The number of ether oxygens (including phenoxy) is 1. The highest BCUT2D eigenvalue weighted by atomic mass is 16.6. The minimum absolute atomic E-state index is 0.0498. The van der Waals surface area contributed by atoms with Crippen molar-refractivity contribution in [1.29, 1.82) is 0 Å². The van der Waals surface area contributed by atoms with Gasteiger partial charge in [0.1, 0.15) is 5.69 Å². The predicted octanol–water partition coefficient (Wildman–Crippen LogP) is 3.39. The summed E-state index contributed by atoms with van der Waals surface area (Å²) in [5.74, 6) is -1.19. The van der Waals surface area contributed by atoms with Gasteiger partial charge in [-0.1, -0.05) is 18.2 Å². The van der Waals surface area contributed by atoms with Gasteiger partial charge in [0.15, 0.2) is 6.10 Å². The zero-order valence-electron chi connectivity index (χ0n) is 14.7. The number of ketones is 1. The first-order valence-electron chi connectivity index (χ1n) is 8.16. The summed E-state index contributed by atoms with van der Waals surface area (Å²) in [6.45, 7) is 3.23. The molecule has 8 nitrogen and oxygen atoms in total. The fraction of sp³-hybridized carbons (Fsp3) is 0.158. The molecule has 0 spiro atoms. The Bertz CT molecular complexity index is 1070. The smallest absolute Gasteiger partial charge is 0.339 e. The predicted molar refractivity (Wildman–Crippen MR) is 99.8 cm³/mol. The molecule has 0 aliphatic carbocycles. The SMILES string of the molecule is Cc1[nH]c2ccccc2c1C(=O)[C@H](C)OC(=O)c1ccc(N)c([N+](=O)[O-])c1. The van der Waals surface area contributed by atoms with E-state index in [-0.39, 0.29) is 17.0 Å². The minimum atomic E-state index is -1.06. The van der Waals surface area contributed by atoms with E-state index >= 15 is 0 Å². The molecule has 0 saturated carbocycles. The highest BCUT2D eigenvalue weighted by Gasteiger charge is 2.25. The second-order valence-electron chi connectivity index (χ2n) is 6.11. The topological polar surface area (TPSA) is 128 Å². The number of Topliss-reactive ketones (excluding diaryl/α,β-unsaturated/α-hetero) is 1. The second kappa shape index (κ2) is 6.91. The number of nitrogens with two attached hydrogens (primary N) is 1. The van der Waals surface area contributed by atoms with E-state index in [9.17, 15) is 19.7 Å². The van der Waals surface area contributed by atoms with Crippen molar-refractivity contribution in [2.24, 2.45) is 0 Å². The van der Waals surface area contributed by atoms with Crippen molar-refractivity contribution >= 4 is 34.0 Å². The van der Waals surface area contributed by atoms with E-state index in [2.05, 4.69) is 4.98 Å². The average Bonchev–Trinajstić information content (AvgIpc) is 2.96. The first-order valence-corrected chi connectivity index (χ1v) is 8.16. The van der Waals surface area contributed by atoms with Crippen LogP contribution in [0.25, 0.3) is 10.9 Å². The van der Waals surface area contributed by atoms with Crippen molar-refractivity contribution < 1.29 is 19.2 Å². The number of carbonyl (C=O) groups excluding carboxylic acids is 2. The van der Waals surface area contributed by atoms with Gasteiger partial charge in [0, 0.05) is 28.2 Å². The summed E-state index contributed by atoms with van der Waals surface area (Å²) in [6.07, 6.45) is -1.06. The molecule has 3 rings (SSSR count). The van der Waals surface area contributed by atoms with E-state index < -0.39 is 22.7 Å². The Morgan fingerprint density at radius 1 is 1.22 bits per heavy atom. The quantitative estimate of drug-likeness (QED) is 0.234. The number of aromatic nitrogens is 1. The number of nitrogen functional groups attached to an aromatic ring is 1. The number of rotatable bonds is 5. The van der Waals surface area contributed by atoms with Gasteiger partial charge < -0.3 is 15.5 Å². The van der Waals surface area contributed by atoms with Crippen LogP contribution in [0.1, 0.15) is 33.3 Å². The zero-order valence-corrected chi connectivity index (χ0v) is 14.7. The number of para-hydroxylation sites is 1. The Hall–Kier alpha value is -3.68. The molecule has 0 radical (unpaired) electrons. The summed E-state index contributed by atoms with van der Waals surface area (Å²) in [4.78, 5) is 38.5. The molecule has 27 heavy (non-hydrogen) atoms. The molecule has 0 aliphatic rings. The third-order valence-electron chi connectivity index (χ3n) is 4.26. The molecule has 0 aliphatic heterocycles. The monoisotopic (exact) mass is 367 g/mol. The largest absolute Gasteiger partial charge is 0.451 e. The van der Waals surface area contributed by atoms with Gasteiger partial charge >= 0.3 is 5.97 Å². The summed E-state index contributed by atoms with van der Waals surface area (Å²) < 4.78 is 5.23. The molecule has 8 heteroatoms. The molecule has 3 aromatic rings. The molecule has 1 aromatic heterocycles. The number of nitro benzene ring substituents is 1. The van der Waals surface area contributed by atoms with Crippen molar-refractivity contribution in [3.05, 3.63) is 69.4 Å². The summed E-state index contributed by atoms with van der Waals surface area (Å²) in [6, 6.07) is 10.9. The Labute approximate surface area is 154 Å². The number of hydrogen-bond acceptors (Lipinski definition) is 6. The molecule has 1 atom stereocenters. The maximum Gasteiger partial charge on any atom is 0.339 e. The van der Waals surface area contributed by atoms with Crippen LogP contribution in [0.2, 0.25) is 0 Å². The van der Waals surface area contributed by atoms with E-state index in [1.54, 1.807) is 6.92 Å². The van der Waals surface area contributed by atoms with Crippen LogP contribution in [0.4, 0.5) is 11.4 Å². The molecule has 0 saturated heterocycles. The number of nitro groups is 1. The Balaban J connectivity index is 1.84. The number of carbonyl (C=O) groups is 2. The van der Waals surface area contributed by atoms with Gasteiger partial charge in [-0.05, 0) is 32.0 Å². The third-order valence-corrected chi connectivity index (χ3v) is 4.26. The van der Waals surface area contributed by atoms with Crippen LogP contribution < -0.4 is 5.73 Å². The molecule has 138 valence electrons. The van der Waals surface area contributed by atoms with Crippen molar-refractivity contribution in [2.45, 2.75) is 20.0 Å². The van der Waals surface area contributed by atoms with Crippen molar-refractivity contribution in [1.82, 2.24) is 4.98 Å². The van der Waals surface area contributed by atoms with Gasteiger partial charge in [0.05, 0.1) is 10.5 Å². The van der Waals surface area contributed by atoms with Crippen LogP contribution in [-0.4, -0.2) is 27.8 Å². The summed E-state index contributed by atoms with van der Waals surface area (Å²) in [7, 11) is 0. The van der Waals surface area contributed by atoms with Crippen LogP contribution >= 0.6 is 0 Å².